The minimum absolute atomic E-state index is 0.285. The third kappa shape index (κ3) is 1.61. The third-order valence-electron chi connectivity index (χ3n) is 2.39. The highest BCUT2D eigenvalue weighted by Crippen LogP contribution is 2.29. The molecule has 1 aliphatic rings. The molecule has 0 fully saturated rings. The zero-order chi connectivity index (χ0) is 10.0. The summed E-state index contributed by atoms with van der Waals surface area (Å²) in [6, 6.07) is 5.94. The van der Waals surface area contributed by atoms with Crippen molar-refractivity contribution in [2.75, 3.05) is 0 Å². The van der Waals surface area contributed by atoms with Gasteiger partial charge in [0.1, 0.15) is 11.4 Å². The molecule has 0 saturated heterocycles. The zero-order valence-corrected chi connectivity index (χ0v) is 7.65. The maximum Gasteiger partial charge on any atom is 0.123 e. The molecule has 2 heteroatoms. The second kappa shape index (κ2) is 3.39. The topological polar surface area (TPSA) is 20.2 Å². The second-order valence-electron chi connectivity index (χ2n) is 3.42. The molecule has 0 saturated carbocycles. The Morgan fingerprint density at radius 1 is 1.14 bits per heavy atom. The second-order valence-corrected chi connectivity index (χ2v) is 3.42. The average Bonchev–Trinajstić information content (AvgIpc) is 2.19. The molecule has 1 atom stereocenters. The van der Waals surface area contributed by atoms with E-state index in [0.717, 1.165) is 5.56 Å². The van der Waals surface area contributed by atoms with Crippen molar-refractivity contribution in [3.63, 3.8) is 0 Å². The van der Waals surface area contributed by atoms with Gasteiger partial charge in [-0.25, -0.2) is 4.39 Å². The monoisotopic (exact) mass is 190 g/mol. The van der Waals surface area contributed by atoms with E-state index < -0.39 is 5.60 Å². The first-order chi connectivity index (χ1) is 6.71. The summed E-state index contributed by atoms with van der Waals surface area (Å²) in [7, 11) is 0. The Kier molecular flexibility index (Phi) is 2.22. The molecular formula is C12H11FO. The predicted molar refractivity (Wildman–Crippen MR) is 53.2 cm³/mol. The summed E-state index contributed by atoms with van der Waals surface area (Å²) in [5, 5.41) is 10.2. The molecule has 0 heterocycles. The number of aliphatic hydroxyl groups is 1. The van der Waals surface area contributed by atoms with E-state index in [1.54, 1.807) is 24.3 Å². The van der Waals surface area contributed by atoms with Crippen molar-refractivity contribution >= 4 is 0 Å². The van der Waals surface area contributed by atoms with Crippen LogP contribution in [0.15, 0.2) is 48.6 Å². The van der Waals surface area contributed by atoms with Crippen LogP contribution < -0.4 is 0 Å². The summed E-state index contributed by atoms with van der Waals surface area (Å²) in [5.41, 5.74) is -0.248. The molecular weight excluding hydrogens is 179 g/mol. The summed E-state index contributed by atoms with van der Waals surface area (Å²) >= 11 is 0. The summed E-state index contributed by atoms with van der Waals surface area (Å²) in [6.45, 7) is 0. The lowest BCUT2D eigenvalue weighted by Gasteiger charge is -2.25. The van der Waals surface area contributed by atoms with Gasteiger partial charge in [0.15, 0.2) is 0 Å². The summed E-state index contributed by atoms with van der Waals surface area (Å²) in [4.78, 5) is 0. The normalized spacial score (nSPS) is 25.3. The Hall–Kier alpha value is -1.41. The Balaban J connectivity index is 2.34. The van der Waals surface area contributed by atoms with Crippen molar-refractivity contribution in [2.24, 2.45) is 0 Å². The SMILES string of the molecule is O[C@]1(c2ccc(F)cc2)C=CC=CC1. The minimum atomic E-state index is -0.970. The summed E-state index contributed by atoms with van der Waals surface area (Å²) in [6.07, 6.45) is 7.84. The van der Waals surface area contributed by atoms with Gasteiger partial charge in [0.05, 0.1) is 0 Å². The molecule has 0 spiro atoms. The third-order valence-corrected chi connectivity index (χ3v) is 2.39. The first-order valence-electron chi connectivity index (χ1n) is 4.53. The molecule has 2 rings (SSSR count). The lowest BCUT2D eigenvalue weighted by atomic mass is 9.88. The van der Waals surface area contributed by atoms with Crippen LogP contribution in [-0.2, 0) is 5.60 Å². The molecule has 1 aliphatic carbocycles. The average molecular weight is 190 g/mol. The molecule has 0 unspecified atom stereocenters. The number of rotatable bonds is 1. The van der Waals surface area contributed by atoms with Gasteiger partial charge in [0, 0.05) is 6.42 Å². The molecule has 1 N–H and O–H groups in total. The lowest BCUT2D eigenvalue weighted by molar-refractivity contribution is 0.0915. The van der Waals surface area contributed by atoms with Crippen LogP contribution in [0.3, 0.4) is 0 Å². The van der Waals surface area contributed by atoms with E-state index in [9.17, 15) is 9.50 Å². The number of halogens is 1. The van der Waals surface area contributed by atoms with E-state index in [-0.39, 0.29) is 5.82 Å². The fourth-order valence-corrected chi connectivity index (χ4v) is 1.56. The van der Waals surface area contributed by atoms with Crippen molar-refractivity contribution < 1.29 is 9.50 Å². The van der Waals surface area contributed by atoms with Crippen molar-refractivity contribution in [3.8, 4) is 0 Å². The van der Waals surface area contributed by atoms with Gasteiger partial charge in [-0.3, -0.25) is 0 Å². The number of allylic oxidation sites excluding steroid dienone is 2. The van der Waals surface area contributed by atoms with Gasteiger partial charge < -0.3 is 5.11 Å². The highest BCUT2D eigenvalue weighted by molar-refractivity contribution is 5.32. The Labute approximate surface area is 82.2 Å². The van der Waals surface area contributed by atoms with Gasteiger partial charge in [-0.15, -0.1) is 0 Å². The van der Waals surface area contributed by atoms with E-state index in [2.05, 4.69) is 0 Å². The Morgan fingerprint density at radius 3 is 2.43 bits per heavy atom. The number of hydrogen-bond donors (Lipinski definition) is 1. The number of hydrogen-bond acceptors (Lipinski definition) is 1. The molecule has 0 aliphatic heterocycles. The van der Waals surface area contributed by atoms with Crippen molar-refractivity contribution in [3.05, 3.63) is 60.0 Å². The van der Waals surface area contributed by atoms with Gasteiger partial charge in [0.25, 0.3) is 0 Å². The predicted octanol–water partition coefficient (Wildman–Crippen LogP) is 2.53. The van der Waals surface area contributed by atoms with Gasteiger partial charge in [0.2, 0.25) is 0 Å². The van der Waals surface area contributed by atoms with Gasteiger partial charge in [-0.05, 0) is 23.8 Å². The van der Waals surface area contributed by atoms with E-state index in [0.29, 0.717) is 6.42 Å². The molecule has 1 aromatic carbocycles. The van der Waals surface area contributed by atoms with Crippen molar-refractivity contribution in [1.29, 1.82) is 0 Å². The fourth-order valence-electron chi connectivity index (χ4n) is 1.56. The number of benzene rings is 1. The van der Waals surface area contributed by atoms with Crippen LogP contribution in [0.25, 0.3) is 0 Å². The van der Waals surface area contributed by atoms with Gasteiger partial charge in [-0.1, -0.05) is 30.4 Å². The van der Waals surface area contributed by atoms with E-state index in [1.807, 2.05) is 12.2 Å². The molecule has 14 heavy (non-hydrogen) atoms. The zero-order valence-electron chi connectivity index (χ0n) is 7.65. The highest BCUT2D eigenvalue weighted by Gasteiger charge is 2.25. The van der Waals surface area contributed by atoms with E-state index in [4.69, 9.17) is 0 Å². The standard InChI is InChI=1S/C12H11FO/c13-11-6-4-10(5-7-11)12(14)8-2-1-3-9-12/h1-8,14H,9H2/t12-/m1/s1. The lowest BCUT2D eigenvalue weighted by Crippen LogP contribution is -2.23. The molecule has 0 aromatic heterocycles. The van der Waals surface area contributed by atoms with Crippen molar-refractivity contribution in [1.82, 2.24) is 0 Å². The summed E-state index contributed by atoms with van der Waals surface area (Å²) < 4.78 is 12.7. The molecule has 0 amide bonds. The highest BCUT2D eigenvalue weighted by atomic mass is 19.1. The minimum Gasteiger partial charge on any atom is -0.381 e. The molecule has 0 bridgehead atoms. The Morgan fingerprint density at radius 2 is 1.86 bits per heavy atom. The molecule has 1 nitrogen and oxygen atoms in total. The van der Waals surface area contributed by atoms with Crippen LogP contribution in [0.4, 0.5) is 4.39 Å². The largest absolute Gasteiger partial charge is 0.381 e. The van der Waals surface area contributed by atoms with Crippen LogP contribution in [0.1, 0.15) is 12.0 Å². The van der Waals surface area contributed by atoms with Crippen LogP contribution in [0.5, 0.6) is 0 Å². The fraction of sp³-hybridized carbons (Fsp3) is 0.167. The Bertz CT molecular complexity index is 378. The quantitative estimate of drug-likeness (QED) is 0.721. The maximum absolute atomic E-state index is 12.7. The van der Waals surface area contributed by atoms with E-state index in [1.165, 1.54) is 12.1 Å². The first-order valence-corrected chi connectivity index (χ1v) is 4.53. The molecule has 72 valence electrons. The van der Waals surface area contributed by atoms with Crippen molar-refractivity contribution in [2.45, 2.75) is 12.0 Å². The van der Waals surface area contributed by atoms with Crippen LogP contribution >= 0.6 is 0 Å². The summed E-state index contributed by atoms with van der Waals surface area (Å²) in [5.74, 6) is -0.285. The maximum atomic E-state index is 12.7. The van der Waals surface area contributed by atoms with E-state index >= 15 is 0 Å². The van der Waals surface area contributed by atoms with Crippen LogP contribution in [0.2, 0.25) is 0 Å². The van der Waals surface area contributed by atoms with Crippen LogP contribution in [-0.4, -0.2) is 5.11 Å². The smallest absolute Gasteiger partial charge is 0.123 e. The van der Waals surface area contributed by atoms with Gasteiger partial charge in [-0.2, -0.15) is 0 Å². The molecule has 1 aromatic rings. The van der Waals surface area contributed by atoms with Crippen LogP contribution in [0, 0.1) is 5.82 Å². The van der Waals surface area contributed by atoms with Gasteiger partial charge >= 0.3 is 0 Å². The first kappa shape index (κ1) is 9.16. The molecule has 0 radical (unpaired) electrons.